The predicted octanol–water partition coefficient (Wildman–Crippen LogP) is 2.45. The summed E-state index contributed by atoms with van der Waals surface area (Å²) in [6.45, 7) is 3.98. The van der Waals surface area contributed by atoms with Crippen molar-refractivity contribution in [2.24, 2.45) is 0 Å². The summed E-state index contributed by atoms with van der Waals surface area (Å²) in [6.07, 6.45) is 2.75. The fourth-order valence-corrected chi connectivity index (χ4v) is 2.85. The van der Waals surface area contributed by atoms with E-state index in [-0.39, 0.29) is 17.2 Å². The molecule has 7 nitrogen and oxygen atoms in total. The van der Waals surface area contributed by atoms with E-state index >= 15 is 0 Å². The van der Waals surface area contributed by atoms with Crippen molar-refractivity contribution in [1.29, 1.82) is 0 Å². The third-order valence-electron chi connectivity index (χ3n) is 4.21. The lowest BCUT2D eigenvalue weighted by atomic mass is 10.0. The zero-order valence-electron chi connectivity index (χ0n) is 14.5. The minimum absolute atomic E-state index is 0.00347. The average Bonchev–Trinajstić information content (AvgIpc) is 2.84. The first kappa shape index (κ1) is 18.2. The number of phenols is 1. The van der Waals surface area contributed by atoms with Gasteiger partial charge in [0.1, 0.15) is 5.75 Å². The predicted molar refractivity (Wildman–Crippen MR) is 102 cm³/mol. The number of aromatic hydroxyl groups is 1. The molecule has 1 aliphatic heterocycles. The van der Waals surface area contributed by atoms with Crippen LogP contribution in [0.15, 0.2) is 49.1 Å². The largest absolute Gasteiger partial charge is 0.507 e. The van der Waals surface area contributed by atoms with E-state index in [1.54, 1.807) is 12.1 Å². The molecule has 2 aromatic carbocycles. The van der Waals surface area contributed by atoms with Crippen molar-refractivity contribution in [2.45, 2.75) is 12.8 Å². The molecule has 3 amide bonds. The Morgan fingerprint density at radius 1 is 1.11 bits per heavy atom. The highest BCUT2D eigenvalue weighted by atomic mass is 16.3. The molecule has 0 bridgehead atoms. The van der Waals surface area contributed by atoms with Crippen molar-refractivity contribution in [3.05, 3.63) is 65.7 Å². The van der Waals surface area contributed by atoms with Gasteiger partial charge in [0.25, 0.3) is 11.8 Å². The monoisotopic (exact) mass is 365 g/mol. The molecule has 1 heterocycles. The molecule has 0 saturated heterocycles. The minimum Gasteiger partial charge on any atom is -0.507 e. The molecule has 0 aromatic heterocycles. The van der Waals surface area contributed by atoms with Gasteiger partial charge in [0, 0.05) is 23.5 Å². The Morgan fingerprint density at radius 2 is 1.85 bits per heavy atom. The molecular weight excluding hydrogens is 346 g/mol. The van der Waals surface area contributed by atoms with Crippen molar-refractivity contribution in [1.82, 2.24) is 5.32 Å². The van der Waals surface area contributed by atoms with E-state index in [1.807, 2.05) is 6.07 Å². The van der Waals surface area contributed by atoms with E-state index in [0.29, 0.717) is 23.5 Å². The van der Waals surface area contributed by atoms with E-state index in [9.17, 15) is 19.5 Å². The number of carbonyl (C=O) groups excluding carboxylic acids is 3. The molecular formula is C20H19N3O4. The van der Waals surface area contributed by atoms with Gasteiger partial charge in [0.15, 0.2) is 0 Å². The van der Waals surface area contributed by atoms with Gasteiger partial charge < -0.3 is 21.1 Å². The van der Waals surface area contributed by atoms with Gasteiger partial charge in [-0.2, -0.15) is 0 Å². The SMILES string of the molecule is C=CC(=O)Nc1ccc(O)c(C(=O)Nc2ccc3c(c2)C(=O)NCCC3)c1. The highest BCUT2D eigenvalue weighted by molar-refractivity contribution is 6.08. The van der Waals surface area contributed by atoms with E-state index < -0.39 is 11.8 Å². The first-order chi connectivity index (χ1) is 13.0. The molecule has 0 unspecified atom stereocenters. The van der Waals surface area contributed by atoms with Gasteiger partial charge in [-0.15, -0.1) is 0 Å². The minimum atomic E-state index is -0.559. The molecule has 2 aromatic rings. The molecule has 0 aliphatic carbocycles. The van der Waals surface area contributed by atoms with Crippen molar-refractivity contribution >= 4 is 29.1 Å². The molecule has 0 saturated carbocycles. The summed E-state index contributed by atoms with van der Waals surface area (Å²) < 4.78 is 0. The van der Waals surface area contributed by atoms with Crippen LogP contribution in [0.3, 0.4) is 0 Å². The summed E-state index contributed by atoms with van der Waals surface area (Å²) in [5.74, 6) is -1.38. The normalized spacial score (nSPS) is 13.0. The number of amides is 3. The standard InChI is InChI=1S/C20H19N3O4/c1-2-18(25)22-13-7-8-17(24)16(11-13)20(27)23-14-6-5-12-4-3-9-21-19(26)15(12)10-14/h2,5-8,10-11,24H,1,3-4,9H2,(H,21,26)(H,22,25)(H,23,27). The Kier molecular flexibility index (Phi) is 5.21. The van der Waals surface area contributed by atoms with Crippen LogP contribution in [0, 0.1) is 0 Å². The lowest BCUT2D eigenvalue weighted by Crippen LogP contribution is -2.23. The number of anilines is 2. The molecule has 27 heavy (non-hydrogen) atoms. The van der Waals surface area contributed by atoms with Crippen molar-refractivity contribution in [2.75, 3.05) is 17.2 Å². The Morgan fingerprint density at radius 3 is 2.63 bits per heavy atom. The molecule has 7 heteroatoms. The lowest BCUT2D eigenvalue weighted by Gasteiger charge is -2.11. The third kappa shape index (κ3) is 4.14. The number of phenolic OH excluding ortho intramolecular Hbond substituents is 1. The fraction of sp³-hybridized carbons (Fsp3) is 0.150. The van der Waals surface area contributed by atoms with Gasteiger partial charge in [-0.3, -0.25) is 14.4 Å². The van der Waals surface area contributed by atoms with Crippen molar-refractivity contribution in [3.63, 3.8) is 0 Å². The van der Waals surface area contributed by atoms with Crippen LogP contribution in [-0.4, -0.2) is 29.4 Å². The topological polar surface area (TPSA) is 108 Å². The van der Waals surface area contributed by atoms with Crippen LogP contribution in [-0.2, 0) is 11.2 Å². The summed E-state index contributed by atoms with van der Waals surface area (Å²) in [7, 11) is 0. The van der Waals surface area contributed by atoms with Crippen molar-refractivity contribution < 1.29 is 19.5 Å². The van der Waals surface area contributed by atoms with E-state index in [2.05, 4.69) is 22.5 Å². The van der Waals surface area contributed by atoms with Gasteiger partial charge in [0.05, 0.1) is 5.56 Å². The third-order valence-corrected chi connectivity index (χ3v) is 4.21. The smallest absolute Gasteiger partial charge is 0.259 e. The van der Waals surface area contributed by atoms with Crippen molar-refractivity contribution in [3.8, 4) is 5.75 Å². The summed E-state index contributed by atoms with van der Waals surface area (Å²) in [6, 6.07) is 9.31. The second-order valence-corrected chi connectivity index (χ2v) is 6.11. The highest BCUT2D eigenvalue weighted by Crippen LogP contribution is 2.24. The molecule has 3 rings (SSSR count). The first-order valence-electron chi connectivity index (χ1n) is 8.47. The summed E-state index contributed by atoms with van der Waals surface area (Å²) >= 11 is 0. The molecule has 0 spiro atoms. The Hall–Kier alpha value is -3.61. The number of aryl methyl sites for hydroxylation is 1. The maximum atomic E-state index is 12.6. The van der Waals surface area contributed by atoms with Gasteiger partial charge >= 0.3 is 0 Å². The van der Waals surface area contributed by atoms with Gasteiger partial charge in [-0.1, -0.05) is 12.6 Å². The van der Waals surface area contributed by atoms with E-state index in [4.69, 9.17) is 0 Å². The van der Waals surface area contributed by atoms with Crippen LogP contribution in [0.4, 0.5) is 11.4 Å². The van der Waals surface area contributed by atoms with Crippen LogP contribution < -0.4 is 16.0 Å². The molecule has 0 fully saturated rings. The molecule has 0 radical (unpaired) electrons. The second kappa shape index (κ2) is 7.74. The Labute approximate surface area is 156 Å². The lowest BCUT2D eigenvalue weighted by molar-refractivity contribution is -0.111. The maximum absolute atomic E-state index is 12.6. The quantitative estimate of drug-likeness (QED) is 0.493. The Bertz CT molecular complexity index is 937. The number of hydrogen-bond donors (Lipinski definition) is 4. The summed E-state index contributed by atoms with van der Waals surface area (Å²) in [5.41, 5.74) is 2.25. The number of carbonyl (C=O) groups is 3. The van der Waals surface area contributed by atoms with Crippen LogP contribution in [0.1, 0.15) is 32.7 Å². The Balaban J connectivity index is 1.83. The number of hydrogen-bond acceptors (Lipinski definition) is 4. The molecule has 138 valence electrons. The number of fused-ring (bicyclic) bond motifs is 1. The second-order valence-electron chi connectivity index (χ2n) is 6.11. The molecule has 0 atom stereocenters. The highest BCUT2D eigenvalue weighted by Gasteiger charge is 2.17. The molecule has 4 N–H and O–H groups in total. The van der Waals surface area contributed by atoms with Crippen LogP contribution >= 0.6 is 0 Å². The van der Waals surface area contributed by atoms with Crippen LogP contribution in [0.5, 0.6) is 5.75 Å². The number of nitrogens with one attached hydrogen (secondary N) is 3. The first-order valence-corrected chi connectivity index (χ1v) is 8.47. The van der Waals surface area contributed by atoms with E-state index in [1.165, 1.54) is 18.2 Å². The number of benzene rings is 2. The van der Waals surface area contributed by atoms with Gasteiger partial charge in [-0.25, -0.2) is 0 Å². The maximum Gasteiger partial charge on any atom is 0.259 e. The van der Waals surface area contributed by atoms with Gasteiger partial charge in [0.2, 0.25) is 5.91 Å². The zero-order valence-corrected chi connectivity index (χ0v) is 14.5. The zero-order chi connectivity index (χ0) is 19.4. The average molecular weight is 365 g/mol. The van der Waals surface area contributed by atoms with E-state index in [0.717, 1.165) is 24.5 Å². The molecule has 1 aliphatic rings. The van der Waals surface area contributed by atoms with Gasteiger partial charge in [-0.05, 0) is 54.8 Å². The van der Waals surface area contributed by atoms with Crippen LogP contribution in [0.2, 0.25) is 0 Å². The summed E-state index contributed by atoms with van der Waals surface area (Å²) in [5, 5.41) is 18.0. The summed E-state index contributed by atoms with van der Waals surface area (Å²) in [4.78, 5) is 36.1. The number of rotatable bonds is 4. The van der Waals surface area contributed by atoms with Crippen LogP contribution in [0.25, 0.3) is 0 Å². The fourth-order valence-electron chi connectivity index (χ4n) is 2.85.